The van der Waals surface area contributed by atoms with Crippen LogP contribution in [-0.2, 0) is 28.6 Å². The highest BCUT2D eigenvalue weighted by atomic mass is 16.6. The second-order valence-corrected chi connectivity index (χ2v) is 18.8. The smallest absolute Gasteiger partial charge is 0.306 e. The summed E-state index contributed by atoms with van der Waals surface area (Å²) < 4.78 is 16.8. The van der Waals surface area contributed by atoms with E-state index < -0.39 is 6.10 Å². The van der Waals surface area contributed by atoms with E-state index in [4.69, 9.17) is 14.2 Å². The van der Waals surface area contributed by atoms with Crippen LogP contribution in [-0.4, -0.2) is 37.2 Å². The summed E-state index contributed by atoms with van der Waals surface area (Å²) in [5.74, 6) is -0.943. The van der Waals surface area contributed by atoms with Gasteiger partial charge in [0.15, 0.2) is 6.10 Å². The molecule has 0 rings (SSSR count). The molecule has 6 heteroatoms. The van der Waals surface area contributed by atoms with E-state index in [1.54, 1.807) is 0 Å². The average molecular weight is 984 g/mol. The number of hydrogen-bond donors (Lipinski definition) is 0. The predicted octanol–water partition coefficient (Wildman–Crippen LogP) is 19.6. The van der Waals surface area contributed by atoms with E-state index in [1.165, 1.54) is 64.2 Å². The summed E-state index contributed by atoms with van der Waals surface area (Å²) in [6.45, 7) is 6.36. The molecule has 402 valence electrons. The molecule has 0 aromatic heterocycles. The lowest BCUT2D eigenvalue weighted by Crippen LogP contribution is -2.30. The first-order valence-electron chi connectivity index (χ1n) is 29.0. The van der Waals surface area contributed by atoms with Gasteiger partial charge in [0.1, 0.15) is 13.2 Å². The fourth-order valence-corrected chi connectivity index (χ4v) is 7.63. The Morgan fingerprint density at radius 1 is 0.296 bits per heavy atom. The van der Waals surface area contributed by atoms with Gasteiger partial charge in [-0.15, -0.1) is 0 Å². The van der Waals surface area contributed by atoms with E-state index in [0.717, 1.165) is 148 Å². The third-order valence-corrected chi connectivity index (χ3v) is 11.9. The van der Waals surface area contributed by atoms with Crippen molar-refractivity contribution in [2.75, 3.05) is 13.2 Å². The van der Waals surface area contributed by atoms with E-state index in [1.807, 2.05) is 0 Å². The van der Waals surface area contributed by atoms with Crippen LogP contribution in [0.5, 0.6) is 0 Å². The highest BCUT2D eigenvalue weighted by molar-refractivity contribution is 5.71. The lowest BCUT2D eigenvalue weighted by atomic mass is 10.1. The van der Waals surface area contributed by atoms with Crippen molar-refractivity contribution in [1.29, 1.82) is 0 Å². The van der Waals surface area contributed by atoms with Crippen molar-refractivity contribution in [2.45, 2.75) is 258 Å². The van der Waals surface area contributed by atoms with E-state index >= 15 is 0 Å². The van der Waals surface area contributed by atoms with Gasteiger partial charge in [0.25, 0.3) is 0 Å². The molecule has 0 aliphatic heterocycles. The van der Waals surface area contributed by atoms with Gasteiger partial charge in [-0.1, -0.05) is 226 Å². The first-order chi connectivity index (χ1) is 35.0. The van der Waals surface area contributed by atoms with Crippen LogP contribution in [0.4, 0.5) is 0 Å². The van der Waals surface area contributed by atoms with Crippen LogP contribution in [0.15, 0.2) is 122 Å². The molecule has 0 spiro atoms. The van der Waals surface area contributed by atoms with Crippen molar-refractivity contribution in [2.24, 2.45) is 0 Å². The van der Waals surface area contributed by atoms with Gasteiger partial charge in [0.05, 0.1) is 0 Å². The summed E-state index contributed by atoms with van der Waals surface area (Å²) in [5.41, 5.74) is 0. The highest BCUT2D eigenvalue weighted by Gasteiger charge is 2.19. The molecule has 0 aromatic carbocycles. The zero-order valence-electron chi connectivity index (χ0n) is 45.9. The van der Waals surface area contributed by atoms with Gasteiger partial charge in [-0.05, 0) is 128 Å². The minimum atomic E-state index is -0.801. The Labute approximate surface area is 437 Å². The SMILES string of the molecule is CC/C=C\C/C=C\C/C=C\C/C=C\C/C=C\C/C=C\CCCCCCC(=O)OCC(COC(=O)CCCCCCC/C=C\CCCCCC)OC(=O)CCCCCCCCC/C=C\C/C=C\C/C=C\CC. The van der Waals surface area contributed by atoms with Crippen molar-refractivity contribution in [3.05, 3.63) is 122 Å². The Kier molecular flexibility index (Phi) is 54.9. The summed E-state index contributed by atoms with van der Waals surface area (Å²) in [6.07, 6.45) is 80.4. The second kappa shape index (κ2) is 58.4. The van der Waals surface area contributed by atoms with Crippen molar-refractivity contribution in [1.82, 2.24) is 0 Å². The van der Waals surface area contributed by atoms with Crippen LogP contribution in [0.1, 0.15) is 252 Å². The van der Waals surface area contributed by atoms with Crippen LogP contribution in [0.3, 0.4) is 0 Å². The molecule has 0 saturated heterocycles. The van der Waals surface area contributed by atoms with Gasteiger partial charge in [0, 0.05) is 19.3 Å². The summed E-state index contributed by atoms with van der Waals surface area (Å²) in [4.78, 5) is 38.2. The summed E-state index contributed by atoms with van der Waals surface area (Å²) in [5, 5.41) is 0. The summed E-state index contributed by atoms with van der Waals surface area (Å²) in [6, 6.07) is 0. The Morgan fingerprint density at radius 3 is 0.873 bits per heavy atom. The standard InChI is InChI=1S/C65H106O6/c1-4-7-10-13-16-19-22-25-27-29-30-31-32-33-34-36-37-40-43-46-49-52-55-58-64(67)70-61-62(60-69-63(66)57-54-51-48-45-42-39-24-21-18-15-12-9-6-3)71-65(68)59-56-53-50-47-44-41-38-35-28-26-23-20-17-14-11-8-5-2/h7-8,10-11,16-17,19-21,24-28,30-31,33-34,37,40,62H,4-6,9,12-15,18,22-23,29,32,35-36,38-39,41-61H2,1-3H3/b10-7-,11-8-,19-16-,20-17-,24-21-,27-25-,28-26-,31-30-,34-33-,40-37-. The maximum absolute atomic E-state index is 12.9. The number of unbranched alkanes of at least 4 members (excludes halogenated alkanes) is 20. The number of rotatable bonds is 51. The molecule has 0 aliphatic rings. The topological polar surface area (TPSA) is 78.9 Å². The molecule has 6 nitrogen and oxygen atoms in total. The van der Waals surface area contributed by atoms with E-state index in [2.05, 4.69) is 142 Å². The van der Waals surface area contributed by atoms with Crippen LogP contribution in [0.25, 0.3) is 0 Å². The van der Waals surface area contributed by atoms with Crippen LogP contribution in [0, 0.1) is 0 Å². The molecule has 0 bridgehead atoms. The first kappa shape index (κ1) is 66.8. The van der Waals surface area contributed by atoms with Crippen molar-refractivity contribution in [3.63, 3.8) is 0 Å². The number of hydrogen-bond acceptors (Lipinski definition) is 6. The van der Waals surface area contributed by atoms with Crippen molar-refractivity contribution < 1.29 is 28.6 Å². The molecule has 0 amide bonds. The summed E-state index contributed by atoms with van der Waals surface area (Å²) in [7, 11) is 0. The number of ether oxygens (including phenoxy) is 3. The third-order valence-electron chi connectivity index (χ3n) is 11.9. The number of carbonyl (C=O) groups is 3. The Balaban J connectivity index is 4.45. The van der Waals surface area contributed by atoms with Gasteiger partial charge in [-0.25, -0.2) is 0 Å². The molecular weight excluding hydrogens is 877 g/mol. The fourth-order valence-electron chi connectivity index (χ4n) is 7.63. The molecule has 0 aliphatic carbocycles. The van der Waals surface area contributed by atoms with Crippen LogP contribution < -0.4 is 0 Å². The van der Waals surface area contributed by atoms with Gasteiger partial charge in [-0.2, -0.15) is 0 Å². The predicted molar refractivity (Wildman–Crippen MR) is 306 cm³/mol. The van der Waals surface area contributed by atoms with Gasteiger partial charge in [-0.3, -0.25) is 14.4 Å². The van der Waals surface area contributed by atoms with Crippen molar-refractivity contribution in [3.8, 4) is 0 Å². The molecule has 0 fully saturated rings. The third kappa shape index (κ3) is 56.6. The Bertz CT molecular complexity index is 1500. The molecule has 0 N–H and O–H groups in total. The largest absolute Gasteiger partial charge is 0.462 e. The molecule has 0 heterocycles. The molecule has 0 radical (unpaired) electrons. The summed E-state index contributed by atoms with van der Waals surface area (Å²) >= 11 is 0. The van der Waals surface area contributed by atoms with Gasteiger partial charge >= 0.3 is 17.9 Å². The van der Waals surface area contributed by atoms with E-state index in [-0.39, 0.29) is 31.1 Å². The average Bonchev–Trinajstić information content (AvgIpc) is 3.37. The van der Waals surface area contributed by atoms with E-state index in [9.17, 15) is 14.4 Å². The second-order valence-electron chi connectivity index (χ2n) is 18.8. The first-order valence-corrected chi connectivity index (χ1v) is 29.0. The normalized spacial score (nSPS) is 13.0. The monoisotopic (exact) mass is 983 g/mol. The minimum absolute atomic E-state index is 0.0975. The van der Waals surface area contributed by atoms with Crippen LogP contribution >= 0.6 is 0 Å². The Morgan fingerprint density at radius 2 is 0.549 bits per heavy atom. The molecule has 1 atom stereocenters. The molecular formula is C65H106O6. The molecule has 0 aromatic rings. The maximum Gasteiger partial charge on any atom is 0.306 e. The fraction of sp³-hybridized carbons (Fsp3) is 0.646. The maximum atomic E-state index is 12.9. The lowest BCUT2D eigenvalue weighted by Gasteiger charge is -2.18. The molecule has 1 unspecified atom stereocenters. The number of carbonyl (C=O) groups excluding carboxylic acids is 3. The zero-order valence-corrected chi connectivity index (χ0v) is 45.9. The van der Waals surface area contributed by atoms with Crippen LogP contribution in [0.2, 0.25) is 0 Å². The van der Waals surface area contributed by atoms with Gasteiger partial charge < -0.3 is 14.2 Å². The van der Waals surface area contributed by atoms with Gasteiger partial charge in [0.2, 0.25) is 0 Å². The van der Waals surface area contributed by atoms with Crippen molar-refractivity contribution >= 4 is 17.9 Å². The Hall–Kier alpha value is -4.19. The molecule has 0 saturated carbocycles. The lowest BCUT2D eigenvalue weighted by molar-refractivity contribution is -0.167. The zero-order chi connectivity index (χ0) is 51.4. The highest BCUT2D eigenvalue weighted by Crippen LogP contribution is 2.14. The van der Waals surface area contributed by atoms with E-state index in [0.29, 0.717) is 19.3 Å². The quantitative estimate of drug-likeness (QED) is 0.0261. The minimum Gasteiger partial charge on any atom is -0.462 e. The molecule has 71 heavy (non-hydrogen) atoms. The number of esters is 3. The number of allylic oxidation sites excluding steroid dienone is 20.